The van der Waals surface area contributed by atoms with Gasteiger partial charge in [0.1, 0.15) is 6.04 Å². The number of carboxylic acids is 1. The van der Waals surface area contributed by atoms with Gasteiger partial charge in [0, 0.05) is 18.5 Å². The van der Waals surface area contributed by atoms with Gasteiger partial charge in [0.05, 0.1) is 0 Å². The van der Waals surface area contributed by atoms with E-state index in [2.05, 4.69) is 0 Å². The molecular weight excluding hydrogens is 278 g/mol. The lowest BCUT2D eigenvalue weighted by molar-refractivity contribution is -0.142. The van der Waals surface area contributed by atoms with Crippen molar-refractivity contribution in [2.24, 2.45) is 0 Å². The quantitative estimate of drug-likeness (QED) is 0.892. The van der Waals surface area contributed by atoms with Gasteiger partial charge in [0.15, 0.2) is 0 Å². The number of hydrogen-bond acceptors (Lipinski definition) is 2. The highest BCUT2D eigenvalue weighted by Gasteiger charge is 2.29. The van der Waals surface area contributed by atoms with E-state index in [0.29, 0.717) is 18.5 Å². The predicted octanol–water partition coefficient (Wildman–Crippen LogP) is 2.84. The first-order valence-electron chi connectivity index (χ1n) is 7.26. The normalized spacial score (nSPS) is 11.7. The molecule has 0 aliphatic heterocycles. The standard InChI is InChI=1S/C18H19NO3/c1-2-19(17(20)15-11-7-4-8-12-15)16(18(21)22)13-14-9-5-3-6-10-14/h3-12,16H,2,13H2,1H3,(H,21,22). The van der Waals surface area contributed by atoms with E-state index in [-0.39, 0.29) is 5.91 Å². The fourth-order valence-corrected chi connectivity index (χ4v) is 2.42. The molecule has 0 saturated carbocycles. The largest absolute Gasteiger partial charge is 0.480 e. The van der Waals surface area contributed by atoms with Crippen LogP contribution in [0.15, 0.2) is 60.7 Å². The molecule has 1 atom stereocenters. The summed E-state index contributed by atoms with van der Waals surface area (Å²) in [4.78, 5) is 25.6. The number of rotatable bonds is 6. The molecule has 0 fully saturated rings. The van der Waals surface area contributed by atoms with Gasteiger partial charge in [-0.1, -0.05) is 48.5 Å². The number of nitrogens with zero attached hydrogens (tertiary/aromatic N) is 1. The van der Waals surface area contributed by atoms with Crippen molar-refractivity contribution < 1.29 is 14.7 Å². The van der Waals surface area contributed by atoms with Crippen molar-refractivity contribution in [2.75, 3.05) is 6.54 Å². The number of amides is 1. The van der Waals surface area contributed by atoms with E-state index in [9.17, 15) is 14.7 Å². The summed E-state index contributed by atoms with van der Waals surface area (Å²) in [6, 6.07) is 17.2. The smallest absolute Gasteiger partial charge is 0.326 e. The zero-order valence-electron chi connectivity index (χ0n) is 12.5. The Hall–Kier alpha value is -2.62. The summed E-state index contributed by atoms with van der Waals surface area (Å²) in [7, 11) is 0. The van der Waals surface area contributed by atoms with Crippen LogP contribution in [-0.2, 0) is 11.2 Å². The van der Waals surface area contributed by atoms with E-state index in [1.165, 1.54) is 4.90 Å². The average Bonchev–Trinajstić information content (AvgIpc) is 2.56. The monoisotopic (exact) mass is 297 g/mol. The second-order valence-corrected chi connectivity index (χ2v) is 5.00. The lowest BCUT2D eigenvalue weighted by Crippen LogP contribution is -2.46. The van der Waals surface area contributed by atoms with Crippen molar-refractivity contribution >= 4 is 11.9 Å². The van der Waals surface area contributed by atoms with Crippen LogP contribution in [-0.4, -0.2) is 34.5 Å². The zero-order valence-corrected chi connectivity index (χ0v) is 12.5. The number of benzene rings is 2. The molecule has 0 aromatic heterocycles. The summed E-state index contributed by atoms with van der Waals surface area (Å²) in [5, 5.41) is 9.54. The van der Waals surface area contributed by atoms with Crippen LogP contribution in [0, 0.1) is 0 Å². The Labute approximate surface area is 130 Å². The molecule has 22 heavy (non-hydrogen) atoms. The molecule has 2 rings (SSSR count). The van der Waals surface area contributed by atoms with Gasteiger partial charge in [0.25, 0.3) is 5.91 Å². The molecule has 2 aromatic rings. The van der Waals surface area contributed by atoms with Gasteiger partial charge in [-0.05, 0) is 24.6 Å². The lowest BCUT2D eigenvalue weighted by atomic mass is 10.0. The Morgan fingerprint density at radius 1 is 1.00 bits per heavy atom. The zero-order chi connectivity index (χ0) is 15.9. The summed E-state index contributed by atoms with van der Waals surface area (Å²) in [6.07, 6.45) is 0.294. The van der Waals surface area contributed by atoms with E-state index in [1.54, 1.807) is 31.2 Å². The fraction of sp³-hybridized carbons (Fsp3) is 0.222. The van der Waals surface area contributed by atoms with Crippen LogP contribution in [0.4, 0.5) is 0 Å². The molecule has 1 N–H and O–H groups in total. The van der Waals surface area contributed by atoms with Gasteiger partial charge in [-0.3, -0.25) is 4.79 Å². The molecule has 0 aliphatic rings. The van der Waals surface area contributed by atoms with Crippen molar-refractivity contribution in [3.8, 4) is 0 Å². The molecule has 0 bridgehead atoms. The maximum atomic E-state index is 12.6. The third-order valence-electron chi connectivity index (χ3n) is 3.56. The van der Waals surface area contributed by atoms with Crippen LogP contribution in [0.2, 0.25) is 0 Å². The minimum Gasteiger partial charge on any atom is -0.480 e. The number of hydrogen-bond donors (Lipinski definition) is 1. The maximum Gasteiger partial charge on any atom is 0.326 e. The maximum absolute atomic E-state index is 12.6. The second kappa shape index (κ2) is 7.41. The Bertz CT molecular complexity index is 625. The number of carboxylic acid groups (broad SMARTS) is 1. The summed E-state index contributed by atoms with van der Waals surface area (Å²) in [5.41, 5.74) is 1.40. The van der Waals surface area contributed by atoms with Crippen LogP contribution < -0.4 is 0 Å². The van der Waals surface area contributed by atoms with Gasteiger partial charge in [-0.2, -0.15) is 0 Å². The number of likely N-dealkylation sites (N-methyl/N-ethyl adjacent to an activating group) is 1. The van der Waals surface area contributed by atoms with Crippen LogP contribution in [0.1, 0.15) is 22.8 Å². The Morgan fingerprint density at radius 2 is 1.55 bits per heavy atom. The first-order valence-corrected chi connectivity index (χ1v) is 7.26. The molecule has 4 nitrogen and oxygen atoms in total. The fourth-order valence-electron chi connectivity index (χ4n) is 2.42. The SMILES string of the molecule is CCN(C(=O)c1ccccc1)C(Cc1ccccc1)C(=O)O. The third kappa shape index (κ3) is 3.73. The molecule has 0 radical (unpaired) electrons. The van der Waals surface area contributed by atoms with Crippen LogP contribution in [0.25, 0.3) is 0 Å². The van der Waals surface area contributed by atoms with Gasteiger partial charge < -0.3 is 10.0 Å². The van der Waals surface area contributed by atoms with Crippen molar-refractivity contribution in [3.63, 3.8) is 0 Å². The van der Waals surface area contributed by atoms with Gasteiger partial charge in [-0.15, -0.1) is 0 Å². The first-order chi connectivity index (χ1) is 10.6. The topological polar surface area (TPSA) is 57.6 Å². The molecule has 1 unspecified atom stereocenters. The van der Waals surface area contributed by atoms with E-state index in [0.717, 1.165) is 5.56 Å². The van der Waals surface area contributed by atoms with Gasteiger partial charge in [0.2, 0.25) is 0 Å². The van der Waals surface area contributed by atoms with Crippen molar-refractivity contribution in [1.82, 2.24) is 4.90 Å². The molecule has 2 aromatic carbocycles. The molecule has 114 valence electrons. The van der Waals surface area contributed by atoms with Crippen molar-refractivity contribution in [3.05, 3.63) is 71.8 Å². The third-order valence-corrected chi connectivity index (χ3v) is 3.56. The molecule has 0 heterocycles. The minimum atomic E-state index is -0.991. The summed E-state index contributed by atoms with van der Waals surface area (Å²) in [5.74, 6) is -1.25. The minimum absolute atomic E-state index is 0.258. The Morgan fingerprint density at radius 3 is 2.05 bits per heavy atom. The number of carbonyl (C=O) groups is 2. The highest BCUT2D eigenvalue weighted by Crippen LogP contribution is 2.13. The Kier molecular flexibility index (Phi) is 5.31. The molecule has 4 heteroatoms. The second-order valence-electron chi connectivity index (χ2n) is 5.00. The summed E-state index contributed by atoms with van der Waals surface area (Å²) < 4.78 is 0. The Balaban J connectivity index is 2.25. The average molecular weight is 297 g/mol. The van der Waals surface area contributed by atoms with Crippen LogP contribution in [0.5, 0.6) is 0 Å². The number of aliphatic carboxylic acids is 1. The lowest BCUT2D eigenvalue weighted by Gasteiger charge is -2.28. The van der Waals surface area contributed by atoms with Crippen LogP contribution >= 0.6 is 0 Å². The highest BCUT2D eigenvalue weighted by molar-refractivity contribution is 5.96. The molecule has 0 spiro atoms. The van der Waals surface area contributed by atoms with Crippen molar-refractivity contribution in [1.29, 1.82) is 0 Å². The molecule has 0 aliphatic carbocycles. The molecule has 0 saturated heterocycles. The van der Waals surface area contributed by atoms with Gasteiger partial charge >= 0.3 is 5.97 Å². The van der Waals surface area contributed by atoms with Crippen LogP contribution in [0.3, 0.4) is 0 Å². The molecule has 1 amide bonds. The van der Waals surface area contributed by atoms with Gasteiger partial charge in [-0.25, -0.2) is 4.79 Å². The molecular formula is C18H19NO3. The van der Waals surface area contributed by atoms with E-state index < -0.39 is 12.0 Å². The summed E-state index contributed by atoms with van der Waals surface area (Å²) in [6.45, 7) is 2.14. The number of carbonyl (C=O) groups excluding carboxylic acids is 1. The predicted molar refractivity (Wildman–Crippen MR) is 84.7 cm³/mol. The first kappa shape index (κ1) is 15.8. The van der Waals surface area contributed by atoms with Crippen molar-refractivity contribution in [2.45, 2.75) is 19.4 Å². The van der Waals surface area contributed by atoms with E-state index in [4.69, 9.17) is 0 Å². The summed E-state index contributed by atoms with van der Waals surface area (Å²) >= 11 is 0. The highest BCUT2D eigenvalue weighted by atomic mass is 16.4. The van der Waals surface area contributed by atoms with E-state index in [1.807, 2.05) is 36.4 Å². The van der Waals surface area contributed by atoms with E-state index >= 15 is 0 Å².